The largest absolute Gasteiger partial charge is 0.451 e. The van der Waals surface area contributed by atoms with Gasteiger partial charge in [0.1, 0.15) is 4.88 Å². The lowest BCUT2D eigenvalue weighted by atomic mass is 9.91. The third-order valence-electron chi connectivity index (χ3n) is 5.27. The van der Waals surface area contributed by atoms with Crippen LogP contribution in [-0.4, -0.2) is 36.5 Å². The van der Waals surface area contributed by atoms with Crippen LogP contribution in [0.2, 0.25) is 0 Å². The number of thiophene rings is 1. The first-order valence-corrected chi connectivity index (χ1v) is 10.1. The molecule has 1 atom stereocenters. The van der Waals surface area contributed by atoms with Gasteiger partial charge in [0.05, 0.1) is 0 Å². The first kappa shape index (κ1) is 17.3. The highest BCUT2D eigenvalue weighted by Gasteiger charge is 2.24. The molecule has 0 N–H and O–H groups in total. The van der Waals surface area contributed by atoms with E-state index in [4.69, 9.17) is 4.74 Å². The van der Waals surface area contributed by atoms with Crippen LogP contribution in [0.25, 0.3) is 10.4 Å². The Morgan fingerprint density at radius 3 is 2.88 bits per heavy atom. The number of aryl methyl sites for hydroxylation is 2. The topological polar surface area (TPSA) is 46.6 Å². The van der Waals surface area contributed by atoms with Crippen molar-refractivity contribution in [2.24, 2.45) is 5.92 Å². The minimum absolute atomic E-state index is 0.0865. The smallest absolute Gasteiger partial charge is 0.348 e. The van der Waals surface area contributed by atoms with Gasteiger partial charge in [0, 0.05) is 18.0 Å². The molecule has 0 bridgehead atoms. The van der Waals surface area contributed by atoms with Gasteiger partial charge in [0.15, 0.2) is 6.61 Å². The van der Waals surface area contributed by atoms with Crippen LogP contribution in [-0.2, 0) is 22.4 Å². The highest BCUT2D eigenvalue weighted by Crippen LogP contribution is 2.39. The van der Waals surface area contributed by atoms with Crippen molar-refractivity contribution in [1.82, 2.24) is 4.90 Å². The molecule has 4 rings (SSSR count). The molecular formula is C21H23NO3S. The van der Waals surface area contributed by atoms with Crippen molar-refractivity contribution in [2.45, 2.75) is 32.6 Å². The minimum atomic E-state index is -0.389. The van der Waals surface area contributed by atoms with Crippen LogP contribution >= 0.6 is 11.3 Å². The van der Waals surface area contributed by atoms with E-state index in [-0.39, 0.29) is 18.5 Å². The van der Waals surface area contributed by atoms with E-state index in [0.717, 1.165) is 43.6 Å². The molecule has 1 fully saturated rings. The fourth-order valence-corrected chi connectivity index (χ4v) is 5.04. The monoisotopic (exact) mass is 369 g/mol. The quantitative estimate of drug-likeness (QED) is 0.770. The Bertz CT molecular complexity index is 842. The molecule has 5 heteroatoms. The zero-order valence-electron chi connectivity index (χ0n) is 15.0. The van der Waals surface area contributed by atoms with E-state index in [1.165, 1.54) is 28.0 Å². The number of benzene rings is 1. The normalized spacial score (nSPS) is 18.8. The van der Waals surface area contributed by atoms with E-state index in [1.807, 2.05) is 17.0 Å². The molecule has 1 amide bonds. The molecule has 136 valence electrons. The second-order valence-electron chi connectivity index (χ2n) is 7.29. The Kier molecular flexibility index (Phi) is 4.81. The Labute approximate surface area is 157 Å². The van der Waals surface area contributed by atoms with Gasteiger partial charge in [0.2, 0.25) is 0 Å². The first-order chi connectivity index (χ1) is 12.6. The SMILES string of the molecule is C[C@@H]1CCCN(C(=O)COC(=O)c2cc3c(s2)-c2ccccc2CC3)C1. The summed E-state index contributed by atoms with van der Waals surface area (Å²) >= 11 is 1.47. The number of fused-ring (bicyclic) bond motifs is 3. The van der Waals surface area contributed by atoms with Crippen molar-refractivity contribution < 1.29 is 14.3 Å². The lowest BCUT2D eigenvalue weighted by Gasteiger charge is -2.30. The van der Waals surface area contributed by atoms with E-state index >= 15 is 0 Å². The molecular weight excluding hydrogens is 346 g/mol. The van der Waals surface area contributed by atoms with Crippen molar-refractivity contribution in [3.8, 4) is 10.4 Å². The average molecular weight is 369 g/mol. The lowest BCUT2D eigenvalue weighted by molar-refractivity contribution is -0.136. The van der Waals surface area contributed by atoms with Crippen LogP contribution in [0.15, 0.2) is 30.3 Å². The Morgan fingerprint density at radius 1 is 1.23 bits per heavy atom. The highest BCUT2D eigenvalue weighted by molar-refractivity contribution is 7.17. The van der Waals surface area contributed by atoms with Crippen LogP contribution in [0.5, 0.6) is 0 Å². The molecule has 0 saturated carbocycles. The molecule has 1 aliphatic heterocycles. The molecule has 0 spiro atoms. The van der Waals surface area contributed by atoms with Gasteiger partial charge in [-0.1, -0.05) is 31.2 Å². The predicted molar refractivity (Wildman–Crippen MR) is 102 cm³/mol. The van der Waals surface area contributed by atoms with Gasteiger partial charge >= 0.3 is 5.97 Å². The lowest BCUT2D eigenvalue weighted by Crippen LogP contribution is -2.41. The Balaban J connectivity index is 1.42. The van der Waals surface area contributed by atoms with Crippen molar-refractivity contribution in [3.63, 3.8) is 0 Å². The van der Waals surface area contributed by atoms with E-state index in [2.05, 4.69) is 25.1 Å². The maximum Gasteiger partial charge on any atom is 0.348 e. The maximum absolute atomic E-state index is 12.4. The summed E-state index contributed by atoms with van der Waals surface area (Å²) in [6.07, 6.45) is 4.13. The molecule has 0 radical (unpaired) electrons. The van der Waals surface area contributed by atoms with Crippen LogP contribution in [0.4, 0.5) is 0 Å². The minimum Gasteiger partial charge on any atom is -0.451 e. The van der Waals surface area contributed by atoms with Crippen LogP contribution < -0.4 is 0 Å². The van der Waals surface area contributed by atoms with Crippen LogP contribution in [0.1, 0.15) is 40.6 Å². The Hall–Kier alpha value is -2.14. The summed E-state index contributed by atoms with van der Waals surface area (Å²) in [6, 6.07) is 10.3. The van der Waals surface area contributed by atoms with Crippen molar-refractivity contribution in [1.29, 1.82) is 0 Å². The molecule has 1 aromatic heterocycles. The molecule has 2 aromatic rings. The molecule has 4 nitrogen and oxygen atoms in total. The predicted octanol–water partition coefficient (Wildman–Crippen LogP) is 3.93. The van der Waals surface area contributed by atoms with Gasteiger partial charge < -0.3 is 9.64 Å². The number of likely N-dealkylation sites (tertiary alicyclic amines) is 1. The molecule has 0 unspecified atom stereocenters. The second-order valence-corrected chi connectivity index (χ2v) is 8.34. The zero-order valence-corrected chi connectivity index (χ0v) is 15.8. The summed E-state index contributed by atoms with van der Waals surface area (Å²) in [5.41, 5.74) is 3.75. The van der Waals surface area contributed by atoms with Gasteiger partial charge in [-0.3, -0.25) is 4.79 Å². The number of rotatable bonds is 3. The van der Waals surface area contributed by atoms with Crippen molar-refractivity contribution in [2.75, 3.05) is 19.7 Å². The summed E-state index contributed by atoms with van der Waals surface area (Å²) in [6.45, 7) is 3.52. The molecule has 2 aliphatic rings. The molecule has 1 aliphatic carbocycles. The molecule has 2 heterocycles. The summed E-state index contributed by atoms with van der Waals surface area (Å²) < 4.78 is 5.32. The number of hydrogen-bond donors (Lipinski definition) is 0. The number of ether oxygens (including phenoxy) is 1. The third kappa shape index (κ3) is 3.40. The number of piperidine rings is 1. The van der Waals surface area contributed by atoms with E-state index in [1.54, 1.807) is 0 Å². The van der Waals surface area contributed by atoms with Gasteiger partial charge in [0.25, 0.3) is 5.91 Å². The fourth-order valence-electron chi connectivity index (χ4n) is 3.88. The number of carbonyl (C=O) groups excluding carboxylic acids is 2. The molecule has 26 heavy (non-hydrogen) atoms. The van der Waals surface area contributed by atoms with E-state index < -0.39 is 0 Å². The fraction of sp³-hybridized carbons (Fsp3) is 0.429. The highest BCUT2D eigenvalue weighted by atomic mass is 32.1. The summed E-state index contributed by atoms with van der Waals surface area (Å²) in [5.74, 6) is 0.0457. The third-order valence-corrected chi connectivity index (χ3v) is 6.46. The van der Waals surface area contributed by atoms with Gasteiger partial charge in [-0.25, -0.2) is 4.79 Å². The number of carbonyl (C=O) groups is 2. The summed E-state index contributed by atoms with van der Waals surface area (Å²) in [7, 11) is 0. The standard InChI is InChI=1S/C21H23NO3S/c1-14-5-4-10-22(12-14)19(23)13-25-21(24)18-11-16-9-8-15-6-2-3-7-17(15)20(16)26-18/h2-3,6-7,11,14H,4-5,8-10,12-13H2,1H3/t14-/m1/s1. The summed E-state index contributed by atoms with van der Waals surface area (Å²) in [5, 5.41) is 0. The van der Waals surface area contributed by atoms with Crippen LogP contribution in [0, 0.1) is 5.92 Å². The van der Waals surface area contributed by atoms with E-state index in [9.17, 15) is 9.59 Å². The number of hydrogen-bond acceptors (Lipinski definition) is 4. The summed E-state index contributed by atoms with van der Waals surface area (Å²) in [4.78, 5) is 28.3. The number of esters is 1. The van der Waals surface area contributed by atoms with Gasteiger partial charge in [-0.2, -0.15) is 0 Å². The number of nitrogens with zero attached hydrogens (tertiary/aromatic N) is 1. The van der Waals surface area contributed by atoms with Gasteiger partial charge in [-0.05, 0) is 54.4 Å². The Morgan fingerprint density at radius 2 is 2.04 bits per heavy atom. The zero-order chi connectivity index (χ0) is 18.1. The van der Waals surface area contributed by atoms with E-state index in [0.29, 0.717) is 10.8 Å². The molecule has 1 aromatic carbocycles. The molecule has 1 saturated heterocycles. The van der Waals surface area contributed by atoms with Gasteiger partial charge in [-0.15, -0.1) is 11.3 Å². The maximum atomic E-state index is 12.4. The average Bonchev–Trinajstić information content (AvgIpc) is 3.11. The van der Waals surface area contributed by atoms with Crippen molar-refractivity contribution >= 4 is 23.2 Å². The second kappa shape index (κ2) is 7.23. The van der Waals surface area contributed by atoms with Crippen LogP contribution in [0.3, 0.4) is 0 Å². The first-order valence-electron chi connectivity index (χ1n) is 9.27. The van der Waals surface area contributed by atoms with Crippen molar-refractivity contribution in [3.05, 3.63) is 46.3 Å². The number of amides is 1.